The zero-order valence-electron chi connectivity index (χ0n) is 18.8. The number of hydrogen-bond donors (Lipinski definition) is 0. The molecule has 0 saturated heterocycles. The van der Waals surface area contributed by atoms with Crippen molar-refractivity contribution in [1.29, 1.82) is 0 Å². The lowest BCUT2D eigenvalue weighted by Gasteiger charge is -2.26. The first kappa shape index (κ1) is 20.5. The molecule has 0 atom stereocenters. The van der Waals surface area contributed by atoms with Crippen molar-refractivity contribution in [2.45, 2.75) is 19.5 Å². The lowest BCUT2D eigenvalue weighted by Crippen LogP contribution is -2.28. The molecule has 2 aliphatic rings. The molecule has 156 valence electrons. The molecule has 1 heterocycles. The number of benzene rings is 3. The van der Waals surface area contributed by atoms with Crippen LogP contribution >= 0.6 is 0 Å². The third-order valence-corrected chi connectivity index (χ3v) is 10.1. The minimum atomic E-state index is -2.02. The predicted octanol–water partition coefficient (Wildman–Crippen LogP) is 8.29. The highest BCUT2D eigenvalue weighted by molar-refractivity contribution is 7.11. The van der Waals surface area contributed by atoms with E-state index in [0.717, 1.165) is 6.42 Å². The second kappa shape index (κ2) is 8.61. The van der Waals surface area contributed by atoms with E-state index >= 15 is 0 Å². The van der Waals surface area contributed by atoms with E-state index in [-0.39, 0.29) is 0 Å². The Hall–Kier alpha value is -3.42. The molecule has 5 rings (SSSR count). The Balaban J connectivity index is 1.89. The zero-order chi connectivity index (χ0) is 22.0. The van der Waals surface area contributed by atoms with Crippen molar-refractivity contribution in [2.75, 3.05) is 0 Å². The minimum absolute atomic E-state index is 0.946. The summed E-state index contributed by atoms with van der Waals surface area (Å²) in [5.74, 6) is 0. The quantitative estimate of drug-likeness (QED) is 0.367. The van der Waals surface area contributed by atoms with Crippen molar-refractivity contribution in [3.63, 3.8) is 0 Å². The van der Waals surface area contributed by atoms with Crippen LogP contribution in [0.2, 0.25) is 13.1 Å². The molecular formula is C31H28Si. The summed E-state index contributed by atoms with van der Waals surface area (Å²) in [6, 6.07) is 33.1. The molecule has 0 saturated carbocycles. The molecule has 0 bridgehead atoms. The average Bonchev–Trinajstić information content (AvgIpc) is 2.97. The highest BCUT2D eigenvalue weighted by Crippen LogP contribution is 2.54. The maximum atomic E-state index is 2.52. The molecule has 0 fully saturated rings. The van der Waals surface area contributed by atoms with Crippen LogP contribution in [0.1, 0.15) is 23.1 Å². The van der Waals surface area contributed by atoms with Crippen molar-refractivity contribution < 1.29 is 0 Å². The fourth-order valence-corrected chi connectivity index (χ4v) is 9.03. The third kappa shape index (κ3) is 3.59. The van der Waals surface area contributed by atoms with Crippen LogP contribution in [0.15, 0.2) is 133 Å². The third-order valence-electron chi connectivity index (χ3n) is 6.50. The predicted molar refractivity (Wildman–Crippen MR) is 142 cm³/mol. The summed E-state index contributed by atoms with van der Waals surface area (Å²) in [7, 11) is -2.02. The first-order chi connectivity index (χ1) is 15.7. The molecule has 3 aromatic rings. The van der Waals surface area contributed by atoms with Gasteiger partial charge in [0.25, 0.3) is 0 Å². The summed E-state index contributed by atoms with van der Waals surface area (Å²) in [4.78, 5) is 0. The second-order valence-electron chi connectivity index (χ2n) is 8.93. The van der Waals surface area contributed by atoms with Gasteiger partial charge in [0.1, 0.15) is 8.07 Å². The van der Waals surface area contributed by atoms with Crippen LogP contribution in [-0.4, -0.2) is 8.07 Å². The van der Waals surface area contributed by atoms with E-state index in [1.807, 2.05) is 0 Å². The van der Waals surface area contributed by atoms with E-state index in [9.17, 15) is 0 Å². The topological polar surface area (TPSA) is 0 Å². The van der Waals surface area contributed by atoms with Crippen LogP contribution in [0.4, 0.5) is 0 Å². The largest absolute Gasteiger partial charge is 0.115 e. The molecule has 0 amide bonds. The zero-order valence-corrected chi connectivity index (χ0v) is 19.8. The summed E-state index contributed by atoms with van der Waals surface area (Å²) in [5.41, 5.74) is 8.28. The number of rotatable bonds is 4. The Bertz CT molecular complexity index is 1270. The van der Waals surface area contributed by atoms with E-state index in [0.29, 0.717) is 0 Å². The van der Waals surface area contributed by atoms with Gasteiger partial charge < -0.3 is 0 Å². The molecule has 0 radical (unpaired) electrons. The van der Waals surface area contributed by atoms with Crippen molar-refractivity contribution in [1.82, 2.24) is 0 Å². The van der Waals surface area contributed by atoms with Gasteiger partial charge in [-0.1, -0.05) is 134 Å². The van der Waals surface area contributed by atoms with Crippen LogP contribution in [0.3, 0.4) is 0 Å². The minimum Gasteiger partial charge on any atom is -0.0801 e. The van der Waals surface area contributed by atoms with E-state index < -0.39 is 8.07 Å². The van der Waals surface area contributed by atoms with Gasteiger partial charge in [-0.2, -0.15) is 0 Å². The highest BCUT2D eigenvalue weighted by Gasteiger charge is 2.43. The van der Waals surface area contributed by atoms with E-state index in [1.165, 1.54) is 38.6 Å². The number of allylic oxidation sites excluding steroid dienone is 8. The van der Waals surface area contributed by atoms with Crippen LogP contribution in [0, 0.1) is 0 Å². The van der Waals surface area contributed by atoms with Gasteiger partial charge in [0.15, 0.2) is 0 Å². The Morgan fingerprint density at radius 1 is 0.531 bits per heavy atom. The van der Waals surface area contributed by atoms with Crippen molar-refractivity contribution in [2.24, 2.45) is 0 Å². The molecule has 1 aliphatic heterocycles. The van der Waals surface area contributed by atoms with Gasteiger partial charge >= 0.3 is 0 Å². The van der Waals surface area contributed by atoms with E-state index in [1.54, 1.807) is 5.20 Å². The lowest BCUT2D eigenvalue weighted by atomic mass is 9.87. The van der Waals surface area contributed by atoms with Crippen molar-refractivity contribution >= 4 is 24.0 Å². The Kier molecular flexibility index (Phi) is 5.51. The monoisotopic (exact) mass is 428 g/mol. The smallest absolute Gasteiger partial charge is 0.0801 e. The van der Waals surface area contributed by atoms with Crippen LogP contribution in [-0.2, 0) is 0 Å². The van der Waals surface area contributed by atoms with Gasteiger partial charge in [0.05, 0.1) is 0 Å². The molecule has 0 spiro atoms. The van der Waals surface area contributed by atoms with Gasteiger partial charge in [0, 0.05) is 0 Å². The normalized spacial score (nSPS) is 17.5. The maximum absolute atomic E-state index is 2.52. The van der Waals surface area contributed by atoms with Gasteiger partial charge in [-0.3, -0.25) is 0 Å². The summed E-state index contributed by atoms with van der Waals surface area (Å²) >= 11 is 0. The molecule has 1 aliphatic carbocycles. The molecule has 3 aromatic carbocycles. The van der Waals surface area contributed by atoms with Gasteiger partial charge in [-0.15, -0.1) is 0 Å². The molecular weight excluding hydrogens is 400 g/mol. The Labute approximate surface area is 192 Å². The average molecular weight is 429 g/mol. The van der Waals surface area contributed by atoms with E-state index in [4.69, 9.17) is 0 Å². The van der Waals surface area contributed by atoms with Gasteiger partial charge in [-0.05, 0) is 50.2 Å². The van der Waals surface area contributed by atoms with Gasteiger partial charge in [-0.25, -0.2) is 0 Å². The van der Waals surface area contributed by atoms with Crippen LogP contribution in [0.5, 0.6) is 0 Å². The van der Waals surface area contributed by atoms with Gasteiger partial charge in [0.2, 0.25) is 0 Å². The van der Waals surface area contributed by atoms with E-state index in [2.05, 4.69) is 134 Å². The van der Waals surface area contributed by atoms with Crippen molar-refractivity contribution in [3.8, 4) is 0 Å². The number of hydrogen-bond acceptors (Lipinski definition) is 0. The summed E-state index contributed by atoms with van der Waals surface area (Å²) in [5, 5.41) is 3.09. The summed E-state index contributed by atoms with van der Waals surface area (Å²) in [6.07, 6.45) is 12.0. The lowest BCUT2D eigenvalue weighted by molar-refractivity contribution is 1.26. The first-order valence-electron chi connectivity index (χ1n) is 11.4. The standard InChI is InChI=1S/C31H28Si/c1-32(2)30(26-20-12-6-13-21-26)28(24-16-8-3-4-9-17-24)29(25-18-10-5-11-19-25)31(32)27-22-14-7-15-23-27/h3-16,18-23H,17H2,1-2H3. The Morgan fingerprint density at radius 2 is 1.03 bits per heavy atom. The Morgan fingerprint density at radius 3 is 1.59 bits per heavy atom. The van der Waals surface area contributed by atoms with Crippen LogP contribution in [0.25, 0.3) is 16.0 Å². The summed E-state index contributed by atoms with van der Waals surface area (Å²) in [6.45, 7) is 5.05. The SMILES string of the molecule is C[Si]1(C)C(c2ccccc2)=C(C2=CC=CC=CC2)C(c2ccccc2)=C1c1ccccc1. The van der Waals surface area contributed by atoms with Crippen LogP contribution < -0.4 is 0 Å². The van der Waals surface area contributed by atoms with Crippen molar-refractivity contribution in [3.05, 3.63) is 149 Å². The summed E-state index contributed by atoms with van der Waals surface area (Å²) < 4.78 is 0. The molecule has 0 nitrogen and oxygen atoms in total. The molecule has 1 heteroatoms. The second-order valence-corrected chi connectivity index (χ2v) is 13.2. The highest BCUT2D eigenvalue weighted by atomic mass is 28.3. The molecule has 0 unspecified atom stereocenters. The maximum Gasteiger partial charge on any atom is 0.115 e. The molecule has 0 aromatic heterocycles. The fourth-order valence-electron chi connectivity index (χ4n) is 5.20. The fraction of sp³-hybridized carbons (Fsp3) is 0.0968. The first-order valence-corrected chi connectivity index (χ1v) is 14.4. The molecule has 0 N–H and O–H groups in total. The molecule has 32 heavy (non-hydrogen) atoms.